The standard InChI is InChI=1S/C23H17ClFN3O4/c24-16-4-2-14(18(25)10-16)3-7-20(29)26-11-13-1-5-17-15(9-13)12-28(23(17)32)19-6-8-21(30)27-22(19)31/h1-2,4-5,9-10,19H,6,8,11-12H2,(H,26,29)(H,27,30,31). The molecule has 2 aromatic carbocycles. The summed E-state index contributed by atoms with van der Waals surface area (Å²) < 4.78 is 13.7. The highest BCUT2D eigenvalue weighted by molar-refractivity contribution is 6.30. The third kappa shape index (κ3) is 4.48. The Kier molecular flexibility index (Phi) is 5.93. The molecule has 0 spiro atoms. The summed E-state index contributed by atoms with van der Waals surface area (Å²) in [5.41, 5.74) is 2.03. The second-order valence-corrected chi connectivity index (χ2v) is 7.88. The summed E-state index contributed by atoms with van der Waals surface area (Å²) >= 11 is 5.69. The molecule has 0 saturated carbocycles. The van der Waals surface area contributed by atoms with Crippen LogP contribution in [0.3, 0.4) is 0 Å². The van der Waals surface area contributed by atoms with Crippen LogP contribution in [0.2, 0.25) is 5.02 Å². The zero-order chi connectivity index (χ0) is 22.8. The summed E-state index contributed by atoms with van der Waals surface area (Å²) in [5, 5.41) is 5.13. The molecule has 9 heteroatoms. The summed E-state index contributed by atoms with van der Waals surface area (Å²) in [5.74, 6) is 2.53. The number of imide groups is 1. The van der Waals surface area contributed by atoms with E-state index in [4.69, 9.17) is 11.6 Å². The molecule has 1 atom stereocenters. The quantitative estimate of drug-likeness (QED) is 0.548. The normalized spacial score (nSPS) is 17.4. The monoisotopic (exact) mass is 453 g/mol. The Bertz CT molecular complexity index is 1220. The van der Waals surface area contributed by atoms with Crippen molar-refractivity contribution in [2.75, 3.05) is 0 Å². The van der Waals surface area contributed by atoms with Crippen LogP contribution in [0.1, 0.15) is 39.9 Å². The van der Waals surface area contributed by atoms with Gasteiger partial charge in [0.15, 0.2) is 0 Å². The highest BCUT2D eigenvalue weighted by Crippen LogP contribution is 2.28. The molecule has 0 aliphatic carbocycles. The van der Waals surface area contributed by atoms with E-state index in [0.717, 1.165) is 17.2 Å². The maximum atomic E-state index is 13.7. The van der Waals surface area contributed by atoms with Gasteiger partial charge in [-0.1, -0.05) is 29.7 Å². The Morgan fingerprint density at radius 3 is 2.78 bits per heavy atom. The first kappa shape index (κ1) is 21.5. The van der Waals surface area contributed by atoms with E-state index < -0.39 is 23.7 Å². The van der Waals surface area contributed by atoms with Crippen molar-refractivity contribution >= 4 is 35.2 Å². The van der Waals surface area contributed by atoms with Gasteiger partial charge in [-0.05, 0) is 41.8 Å². The maximum absolute atomic E-state index is 13.7. The van der Waals surface area contributed by atoms with Crippen molar-refractivity contribution in [1.82, 2.24) is 15.5 Å². The number of hydrogen-bond acceptors (Lipinski definition) is 4. The molecular formula is C23H17ClFN3O4. The minimum atomic E-state index is -0.681. The molecular weight excluding hydrogens is 437 g/mol. The van der Waals surface area contributed by atoms with Gasteiger partial charge in [0.2, 0.25) is 11.8 Å². The topological polar surface area (TPSA) is 95.6 Å². The van der Waals surface area contributed by atoms with Crippen LogP contribution in [0.4, 0.5) is 4.39 Å². The zero-order valence-electron chi connectivity index (χ0n) is 16.7. The fourth-order valence-electron chi connectivity index (χ4n) is 3.68. The number of piperidine rings is 1. The van der Waals surface area contributed by atoms with Gasteiger partial charge in [-0.15, -0.1) is 0 Å². The molecule has 2 aliphatic rings. The van der Waals surface area contributed by atoms with Crippen LogP contribution in [-0.4, -0.2) is 34.6 Å². The van der Waals surface area contributed by atoms with Gasteiger partial charge in [-0.3, -0.25) is 24.5 Å². The minimum Gasteiger partial charge on any atom is -0.341 e. The van der Waals surface area contributed by atoms with Crippen molar-refractivity contribution < 1.29 is 23.6 Å². The first-order chi connectivity index (χ1) is 15.3. The number of nitrogens with one attached hydrogen (secondary N) is 2. The van der Waals surface area contributed by atoms with E-state index in [0.29, 0.717) is 12.0 Å². The van der Waals surface area contributed by atoms with E-state index in [1.165, 1.54) is 17.0 Å². The number of fused-ring (bicyclic) bond motifs is 1. The Balaban J connectivity index is 1.39. The van der Waals surface area contributed by atoms with Crippen LogP contribution in [0.15, 0.2) is 36.4 Å². The summed E-state index contributed by atoms with van der Waals surface area (Å²) in [6.07, 6.45) is 0.481. The lowest BCUT2D eigenvalue weighted by Gasteiger charge is -2.29. The smallest absolute Gasteiger partial charge is 0.296 e. The van der Waals surface area contributed by atoms with Crippen molar-refractivity contribution in [2.45, 2.75) is 32.0 Å². The van der Waals surface area contributed by atoms with E-state index in [1.54, 1.807) is 18.2 Å². The van der Waals surface area contributed by atoms with Crippen molar-refractivity contribution in [3.63, 3.8) is 0 Å². The molecule has 1 unspecified atom stereocenters. The van der Waals surface area contributed by atoms with Gasteiger partial charge in [0, 0.05) is 36.0 Å². The van der Waals surface area contributed by atoms with Crippen LogP contribution < -0.4 is 10.6 Å². The molecule has 2 heterocycles. The number of hydrogen-bond donors (Lipinski definition) is 2. The van der Waals surface area contributed by atoms with E-state index in [2.05, 4.69) is 22.5 Å². The Morgan fingerprint density at radius 2 is 2.03 bits per heavy atom. The Hall–Kier alpha value is -3.70. The summed E-state index contributed by atoms with van der Waals surface area (Å²) in [6, 6.07) is 8.45. The molecule has 0 bridgehead atoms. The number of rotatable bonds is 3. The van der Waals surface area contributed by atoms with Crippen LogP contribution in [0.25, 0.3) is 0 Å². The third-order valence-corrected chi connectivity index (χ3v) is 5.52. The second kappa shape index (κ2) is 8.81. The number of halogens is 2. The lowest BCUT2D eigenvalue weighted by molar-refractivity contribution is -0.137. The molecule has 2 aliphatic heterocycles. The molecule has 32 heavy (non-hydrogen) atoms. The molecule has 2 aromatic rings. The van der Waals surface area contributed by atoms with Crippen molar-refractivity contribution in [3.05, 3.63) is 69.5 Å². The van der Waals surface area contributed by atoms with Gasteiger partial charge in [0.25, 0.3) is 11.8 Å². The predicted octanol–water partition coefficient (Wildman–Crippen LogP) is 1.91. The second-order valence-electron chi connectivity index (χ2n) is 7.45. The molecule has 2 N–H and O–H groups in total. The van der Waals surface area contributed by atoms with Crippen molar-refractivity contribution in [2.24, 2.45) is 0 Å². The molecule has 0 radical (unpaired) electrons. The van der Waals surface area contributed by atoms with Gasteiger partial charge in [-0.25, -0.2) is 4.39 Å². The Morgan fingerprint density at radius 1 is 1.22 bits per heavy atom. The predicted molar refractivity (Wildman–Crippen MR) is 113 cm³/mol. The Labute approximate surface area is 187 Å². The lowest BCUT2D eigenvalue weighted by Crippen LogP contribution is -2.52. The van der Waals surface area contributed by atoms with Crippen molar-refractivity contribution in [1.29, 1.82) is 0 Å². The average molecular weight is 454 g/mol. The largest absolute Gasteiger partial charge is 0.341 e. The van der Waals surface area contributed by atoms with Gasteiger partial charge >= 0.3 is 0 Å². The molecule has 7 nitrogen and oxygen atoms in total. The van der Waals surface area contributed by atoms with Gasteiger partial charge in [0.1, 0.15) is 11.9 Å². The number of amides is 4. The molecule has 1 saturated heterocycles. The van der Waals surface area contributed by atoms with E-state index >= 15 is 0 Å². The molecule has 4 amide bonds. The first-order valence-electron chi connectivity index (χ1n) is 9.83. The van der Waals surface area contributed by atoms with Crippen molar-refractivity contribution in [3.8, 4) is 11.8 Å². The fourth-order valence-corrected chi connectivity index (χ4v) is 3.84. The highest BCUT2D eigenvalue weighted by Gasteiger charge is 2.39. The number of benzene rings is 2. The first-order valence-corrected chi connectivity index (χ1v) is 10.2. The van der Waals surface area contributed by atoms with Crippen LogP contribution in [0, 0.1) is 17.7 Å². The summed E-state index contributed by atoms with van der Waals surface area (Å²) in [6.45, 7) is 0.411. The molecule has 4 rings (SSSR count). The number of carbonyl (C=O) groups excluding carboxylic acids is 4. The lowest BCUT2D eigenvalue weighted by atomic mass is 10.0. The van der Waals surface area contributed by atoms with E-state index in [-0.39, 0.29) is 41.9 Å². The SMILES string of the molecule is O=C(C#Cc1ccc(Cl)cc1F)NCc1ccc2c(c1)CN(C1CCC(=O)NC1=O)C2=O. The summed E-state index contributed by atoms with van der Waals surface area (Å²) in [4.78, 5) is 49.6. The molecule has 0 aromatic heterocycles. The third-order valence-electron chi connectivity index (χ3n) is 5.28. The van der Waals surface area contributed by atoms with E-state index in [1.807, 2.05) is 0 Å². The fraction of sp³-hybridized carbons (Fsp3) is 0.217. The van der Waals surface area contributed by atoms with Crippen LogP contribution >= 0.6 is 11.6 Å². The maximum Gasteiger partial charge on any atom is 0.296 e. The molecule has 162 valence electrons. The van der Waals surface area contributed by atoms with Crippen LogP contribution in [0.5, 0.6) is 0 Å². The van der Waals surface area contributed by atoms with Gasteiger partial charge in [-0.2, -0.15) is 0 Å². The summed E-state index contributed by atoms with van der Waals surface area (Å²) in [7, 11) is 0. The minimum absolute atomic E-state index is 0.0640. The zero-order valence-corrected chi connectivity index (χ0v) is 17.5. The van der Waals surface area contributed by atoms with Gasteiger partial charge < -0.3 is 10.2 Å². The highest BCUT2D eigenvalue weighted by atomic mass is 35.5. The van der Waals surface area contributed by atoms with E-state index in [9.17, 15) is 23.6 Å². The van der Waals surface area contributed by atoms with Crippen LogP contribution in [-0.2, 0) is 27.5 Å². The van der Waals surface area contributed by atoms with Gasteiger partial charge in [0.05, 0.1) is 5.56 Å². The molecule has 1 fully saturated rings. The number of nitrogens with zero attached hydrogens (tertiary/aromatic N) is 1. The average Bonchev–Trinajstić information content (AvgIpc) is 3.07. The number of carbonyl (C=O) groups is 4.